The van der Waals surface area contributed by atoms with Gasteiger partial charge in [0.05, 0.1) is 5.25 Å². The van der Waals surface area contributed by atoms with Gasteiger partial charge in [-0.15, -0.1) is 0 Å². The second-order valence-corrected chi connectivity index (χ2v) is 6.87. The van der Waals surface area contributed by atoms with Gasteiger partial charge < -0.3 is 5.32 Å². The molecule has 0 bridgehead atoms. The normalized spacial score (nSPS) is 14.2. The molecule has 0 aromatic heterocycles. The van der Waals surface area contributed by atoms with E-state index in [0.717, 1.165) is 25.7 Å². The highest BCUT2D eigenvalue weighted by atomic mass is 32.2. The van der Waals surface area contributed by atoms with Crippen molar-refractivity contribution in [2.45, 2.75) is 51.7 Å². The lowest BCUT2D eigenvalue weighted by molar-refractivity contribution is 0.389. The summed E-state index contributed by atoms with van der Waals surface area (Å²) >= 11 is 0. The van der Waals surface area contributed by atoms with Gasteiger partial charge in [0.15, 0.2) is 0 Å². The second kappa shape index (κ2) is 8.89. The number of hydrogen-bond acceptors (Lipinski definition) is 3. The Balaban J connectivity index is 4.62. The monoisotopic (exact) mass is 264 g/mol. The molecule has 0 aromatic rings. The standard InChI is InChI=1S/C12H28N2O2S/c1-5-7-9-14(10-8-6-2)17(15,16)12(3)11-13-4/h12-13H,5-11H2,1-4H3. The van der Waals surface area contributed by atoms with Crippen molar-refractivity contribution in [3.8, 4) is 0 Å². The summed E-state index contributed by atoms with van der Waals surface area (Å²) in [5.41, 5.74) is 0. The molecule has 0 spiro atoms. The largest absolute Gasteiger partial charge is 0.318 e. The molecule has 0 radical (unpaired) electrons. The van der Waals surface area contributed by atoms with Gasteiger partial charge in [0.1, 0.15) is 0 Å². The Labute approximate surface area is 107 Å². The van der Waals surface area contributed by atoms with Crippen LogP contribution in [0.2, 0.25) is 0 Å². The molecule has 0 saturated heterocycles. The third-order valence-electron chi connectivity index (χ3n) is 2.88. The van der Waals surface area contributed by atoms with Crippen LogP contribution in [0.5, 0.6) is 0 Å². The molecule has 1 atom stereocenters. The van der Waals surface area contributed by atoms with Gasteiger partial charge in [0, 0.05) is 19.6 Å². The molecule has 0 saturated carbocycles. The molecule has 0 aromatic carbocycles. The maximum atomic E-state index is 12.3. The van der Waals surface area contributed by atoms with Gasteiger partial charge in [-0.05, 0) is 26.8 Å². The predicted octanol–water partition coefficient (Wildman–Crippen LogP) is 1.83. The molecule has 1 N–H and O–H groups in total. The van der Waals surface area contributed by atoms with Gasteiger partial charge in [0.25, 0.3) is 0 Å². The van der Waals surface area contributed by atoms with Gasteiger partial charge in [-0.25, -0.2) is 12.7 Å². The number of sulfonamides is 1. The highest BCUT2D eigenvalue weighted by Crippen LogP contribution is 2.11. The quantitative estimate of drug-likeness (QED) is 0.655. The van der Waals surface area contributed by atoms with Crippen LogP contribution in [0, 0.1) is 0 Å². The van der Waals surface area contributed by atoms with E-state index >= 15 is 0 Å². The van der Waals surface area contributed by atoms with Crippen molar-refractivity contribution in [2.75, 3.05) is 26.7 Å². The van der Waals surface area contributed by atoms with E-state index in [9.17, 15) is 8.42 Å². The first-order chi connectivity index (χ1) is 8.00. The maximum absolute atomic E-state index is 12.3. The van der Waals surface area contributed by atoms with Gasteiger partial charge in [-0.3, -0.25) is 0 Å². The molecule has 0 fully saturated rings. The van der Waals surface area contributed by atoms with Crippen LogP contribution in [-0.4, -0.2) is 44.7 Å². The molecule has 0 aliphatic carbocycles. The van der Waals surface area contributed by atoms with Gasteiger partial charge in [0.2, 0.25) is 10.0 Å². The van der Waals surface area contributed by atoms with Crippen LogP contribution in [0.25, 0.3) is 0 Å². The molecule has 1 unspecified atom stereocenters. The Bertz CT molecular complexity index is 270. The minimum Gasteiger partial charge on any atom is -0.318 e. The Morgan fingerprint density at radius 3 is 1.94 bits per heavy atom. The average molecular weight is 264 g/mol. The summed E-state index contributed by atoms with van der Waals surface area (Å²) in [4.78, 5) is 0. The lowest BCUT2D eigenvalue weighted by Gasteiger charge is -2.25. The first kappa shape index (κ1) is 16.9. The molecule has 0 amide bonds. The van der Waals surface area contributed by atoms with E-state index in [1.165, 1.54) is 0 Å². The number of unbranched alkanes of at least 4 members (excludes halogenated alkanes) is 2. The van der Waals surface area contributed by atoms with Crippen molar-refractivity contribution >= 4 is 10.0 Å². The summed E-state index contributed by atoms with van der Waals surface area (Å²) < 4.78 is 26.3. The fraction of sp³-hybridized carbons (Fsp3) is 1.00. The van der Waals surface area contributed by atoms with Crippen LogP contribution in [0.3, 0.4) is 0 Å². The number of hydrogen-bond donors (Lipinski definition) is 1. The number of nitrogens with zero attached hydrogens (tertiary/aromatic N) is 1. The van der Waals surface area contributed by atoms with E-state index in [1.54, 1.807) is 18.3 Å². The minimum atomic E-state index is -3.14. The summed E-state index contributed by atoms with van der Waals surface area (Å²) in [6, 6.07) is 0. The summed E-state index contributed by atoms with van der Waals surface area (Å²) in [6.07, 6.45) is 3.93. The van der Waals surface area contributed by atoms with Crippen LogP contribution >= 0.6 is 0 Å². The summed E-state index contributed by atoms with van der Waals surface area (Å²) in [5, 5.41) is 2.59. The maximum Gasteiger partial charge on any atom is 0.217 e. The highest BCUT2D eigenvalue weighted by Gasteiger charge is 2.27. The smallest absolute Gasteiger partial charge is 0.217 e. The fourth-order valence-corrected chi connectivity index (χ4v) is 3.34. The average Bonchev–Trinajstić information content (AvgIpc) is 2.29. The van der Waals surface area contributed by atoms with Gasteiger partial charge in [-0.1, -0.05) is 26.7 Å². The molecule has 0 aliphatic heterocycles. The molecule has 0 heterocycles. The number of nitrogens with one attached hydrogen (secondary N) is 1. The number of rotatable bonds is 10. The van der Waals surface area contributed by atoms with Crippen molar-refractivity contribution in [1.82, 2.24) is 9.62 Å². The molecular weight excluding hydrogens is 236 g/mol. The third kappa shape index (κ3) is 5.84. The van der Waals surface area contributed by atoms with E-state index in [1.807, 2.05) is 0 Å². The Morgan fingerprint density at radius 2 is 1.59 bits per heavy atom. The zero-order valence-electron chi connectivity index (χ0n) is 11.7. The summed E-state index contributed by atoms with van der Waals surface area (Å²) in [7, 11) is -1.35. The molecule has 5 heteroatoms. The van der Waals surface area contributed by atoms with Gasteiger partial charge in [-0.2, -0.15) is 0 Å². The van der Waals surface area contributed by atoms with Crippen LogP contribution in [-0.2, 0) is 10.0 Å². The van der Waals surface area contributed by atoms with E-state index in [4.69, 9.17) is 0 Å². The molecule has 0 rings (SSSR count). The molecule has 104 valence electrons. The van der Waals surface area contributed by atoms with E-state index < -0.39 is 10.0 Å². The van der Waals surface area contributed by atoms with Crippen molar-refractivity contribution < 1.29 is 8.42 Å². The zero-order valence-corrected chi connectivity index (χ0v) is 12.5. The third-order valence-corrected chi connectivity index (χ3v) is 5.15. The van der Waals surface area contributed by atoms with Crippen LogP contribution < -0.4 is 5.32 Å². The minimum absolute atomic E-state index is 0.346. The van der Waals surface area contributed by atoms with E-state index in [0.29, 0.717) is 19.6 Å². The van der Waals surface area contributed by atoms with Crippen molar-refractivity contribution in [1.29, 1.82) is 0 Å². The van der Waals surface area contributed by atoms with Gasteiger partial charge >= 0.3 is 0 Å². The highest BCUT2D eigenvalue weighted by molar-refractivity contribution is 7.89. The Hall–Kier alpha value is -0.130. The van der Waals surface area contributed by atoms with Crippen LogP contribution in [0.15, 0.2) is 0 Å². The topological polar surface area (TPSA) is 49.4 Å². The van der Waals surface area contributed by atoms with Crippen LogP contribution in [0.1, 0.15) is 46.5 Å². The van der Waals surface area contributed by atoms with Crippen molar-refractivity contribution in [3.63, 3.8) is 0 Å². The van der Waals surface area contributed by atoms with Crippen LogP contribution in [0.4, 0.5) is 0 Å². The summed E-state index contributed by atoms with van der Waals surface area (Å²) in [6.45, 7) is 7.77. The predicted molar refractivity (Wildman–Crippen MR) is 73.7 cm³/mol. The Kier molecular flexibility index (Phi) is 8.82. The first-order valence-corrected chi connectivity index (χ1v) is 8.14. The first-order valence-electron chi connectivity index (χ1n) is 6.64. The molecule has 17 heavy (non-hydrogen) atoms. The Morgan fingerprint density at radius 1 is 1.12 bits per heavy atom. The molecule has 4 nitrogen and oxygen atoms in total. The lowest BCUT2D eigenvalue weighted by atomic mass is 10.3. The fourth-order valence-electron chi connectivity index (χ4n) is 1.68. The summed E-state index contributed by atoms with van der Waals surface area (Å²) in [5.74, 6) is 0. The zero-order chi connectivity index (χ0) is 13.3. The molecule has 0 aliphatic rings. The SMILES string of the molecule is CCCCN(CCCC)S(=O)(=O)C(C)CNC. The van der Waals surface area contributed by atoms with E-state index in [2.05, 4.69) is 19.2 Å². The second-order valence-electron chi connectivity index (χ2n) is 4.52. The molecular formula is C12H28N2O2S. The van der Waals surface area contributed by atoms with Crippen molar-refractivity contribution in [2.24, 2.45) is 0 Å². The van der Waals surface area contributed by atoms with Crippen molar-refractivity contribution in [3.05, 3.63) is 0 Å². The van der Waals surface area contributed by atoms with E-state index in [-0.39, 0.29) is 5.25 Å². The lowest BCUT2D eigenvalue weighted by Crippen LogP contribution is -2.42.